The Morgan fingerprint density at radius 2 is 2.00 bits per heavy atom. The summed E-state index contributed by atoms with van der Waals surface area (Å²) in [6, 6.07) is 8.07. The molecule has 2 aromatic rings. The highest BCUT2D eigenvalue weighted by atomic mass is 35.5. The van der Waals surface area contributed by atoms with Crippen LogP contribution in [-0.2, 0) is 9.53 Å². The zero-order valence-electron chi connectivity index (χ0n) is 14.0. The minimum atomic E-state index is -0.210. The second-order valence-electron chi connectivity index (χ2n) is 6.68. The number of carbonyl (C=O) groups excluding carboxylic acids is 1. The zero-order chi connectivity index (χ0) is 17.4. The monoisotopic (exact) mass is 377 g/mol. The molecule has 1 aromatic heterocycles. The predicted octanol–water partition coefficient (Wildman–Crippen LogP) is 4.51. The van der Waals surface area contributed by atoms with Crippen LogP contribution in [0.2, 0.25) is 5.02 Å². The number of cyclic esters (lactones) is 1. The normalized spacial score (nSPS) is 24.0. The van der Waals surface area contributed by atoms with Gasteiger partial charge in [0.15, 0.2) is 11.0 Å². The number of ether oxygens (including phenoxy) is 1. The van der Waals surface area contributed by atoms with Gasteiger partial charge in [0.1, 0.15) is 11.4 Å². The minimum absolute atomic E-state index is 0.0316. The van der Waals surface area contributed by atoms with Crippen LogP contribution in [0.5, 0.6) is 0 Å². The van der Waals surface area contributed by atoms with Crippen molar-refractivity contribution in [2.75, 3.05) is 0 Å². The molecule has 0 N–H and O–H groups in total. The SMILES string of the molecule is C[C@H]1C[C@@H](Sc2nnc(-c3ccccc3Cl)n2C2CCCC2)C(=O)O1. The van der Waals surface area contributed by atoms with E-state index in [-0.39, 0.29) is 17.3 Å². The predicted molar refractivity (Wildman–Crippen MR) is 97.8 cm³/mol. The maximum atomic E-state index is 12.0. The Morgan fingerprint density at radius 3 is 2.68 bits per heavy atom. The van der Waals surface area contributed by atoms with Gasteiger partial charge in [0.2, 0.25) is 0 Å². The number of esters is 1. The van der Waals surface area contributed by atoms with Crippen LogP contribution in [-0.4, -0.2) is 32.1 Å². The molecule has 2 fully saturated rings. The Morgan fingerprint density at radius 1 is 1.24 bits per heavy atom. The average Bonchev–Trinajstić information content (AvgIpc) is 3.29. The topological polar surface area (TPSA) is 57.0 Å². The Kier molecular flexibility index (Phi) is 4.73. The highest BCUT2D eigenvalue weighted by Crippen LogP contribution is 2.40. The molecule has 0 spiro atoms. The third kappa shape index (κ3) is 3.29. The highest BCUT2D eigenvalue weighted by molar-refractivity contribution is 8.00. The first-order valence-electron chi connectivity index (χ1n) is 8.70. The molecule has 25 heavy (non-hydrogen) atoms. The van der Waals surface area contributed by atoms with E-state index in [0.29, 0.717) is 17.5 Å². The number of nitrogens with zero attached hydrogens (tertiary/aromatic N) is 3. The maximum absolute atomic E-state index is 12.0. The Balaban J connectivity index is 1.72. The summed E-state index contributed by atoms with van der Waals surface area (Å²) in [5, 5.41) is 10.1. The van der Waals surface area contributed by atoms with E-state index >= 15 is 0 Å². The Hall–Kier alpha value is -1.53. The third-order valence-corrected chi connectivity index (χ3v) is 6.33. The fourth-order valence-corrected chi connectivity index (χ4v) is 5.05. The molecule has 0 unspecified atom stereocenters. The van der Waals surface area contributed by atoms with Crippen LogP contribution in [0.15, 0.2) is 29.4 Å². The molecule has 5 nitrogen and oxygen atoms in total. The molecular formula is C18H20ClN3O2S. The molecule has 0 bridgehead atoms. The molecular weight excluding hydrogens is 358 g/mol. The second-order valence-corrected chi connectivity index (χ2v) is 8.26. The van der Waals surface area contributed by atoms with Crippen molar-refractivity contribution in [3.05, 3.63) is 29.3 Å². The first-order valence-corrected chi connectivity index (χ1v) is 9.96. The van der Waals surface area contributed by atoms with Gasteiger partial charge < -0.3 is 4.74 Å². The van der Waals surface area contributed by atoms with Gasteiger partial charge in [-0.25, -0.2) is 0 Å². The fourth-order valence-electron chi connectivity index (χ4n) is 3.62. The van der Waals surface area contributed by atoms with Crippen molar-refractivity contribution in [1.82, 2.24) is 14.8 Å². The van der Waals surface area contributed by atoms with E-state index in [2.05, 4.69) is 14.8 Å². The van der Waals surface area contributed by atoms with Crippen LogP contribution in [0.3, 0.4) is 0 Å². The molecule has 132 valence electrons. The number of hydrogen-bond acceptors (Lipinski definition) is 5. The number of thioether (sulfide) groups is 1. The Bertz CT molecular complexity index is 788. The van der Waals surface area contributed by atoms with Crippen LogP contribution >= 0.6 is 23.4 Å². The minimum Gasteiger partial charge on any atom is -0.462 e. The van der Waals surface area contributed by atoms with Gasteiger partial charge in [-0.3, -0.25) is 9.36 Å². The summed E-state index contributed by atoms with van der Waals surface area (Å²) >= 11 is 7.87. The van der Waals surface area contributed by atoms with E-state index in [1.165, 1.54) is 24.6 Å². The number of benzene rings is 1. The molecule has 1 aromatic carbocycles. The van der Waals surface area contributed by atoms with Crippen molar-refractivity contribution in [2.45, 2.75) is 61.6 Å². The van der Waals surface area contributed by atoms with Gasteiger partial charge in [-0.1, -0.05) is 48.3 Å². The van der Waals surface area contributed by atoms with Crippen LogP contribution in [0.1, 0.15) is 45.1 Å². The summed E-state index contributed by atoms with van der Waals surface area (Å²) in [6.07, 6.45) is 5.30. The van der Waals surface area contributed by atoms with Crippen molar-refractivity contribution >= 4 is 29.3 Å². The molecule has 1 saturated carbocycles. The number of carbonyl (C=O) groups is 1. The van der Waals surface area contributed by atoms with Gasteiger partial charge in [-0.15, -0.1) is 10.2 Å². The summed E-state index contributed by atoms with van der Waals surface area (Å²) in [7, 11) is 0. The summed E-state index contributed by atoms with van der Waals surface area (Å²) in [5.74, 6) is 0.636. The zero-order valence-corrected chi connectivity index (χ0v) is 15.6. The molecule has 2 aliphatic rings. The first kappa shape index (κ1) is 16.9. The molecule has 1 aliphatic carbocycles. The quantitative estimate of drug-likeness (QED) is 0.733. The number of halogens is 1. The maximum Gasteiger partial charge on any atom is 0.319 e. The number of hydrogen-bond donors (Lipinski definition) is 0. The van der Waals surface area contributed by atoms with Gasteiger partial charge in [0, 0.05) is 18.0 Å². The smallest absolute Gasteiger partial charge is 0.319 e. The van der Waals surface area contributed by atoms with E-state index in [9.17, 15) is 4.79 Å². The van der Waals surface area contributed by atoms with Crippen molar-refractivity contribution in [2.24, 2.45) is 0 Å². The molecule has 1 aliphatic heterocycles. The summed E-state index contributed by atoms with van der Waals surface area (Å²) < 4.78 is 7.47. The number of aromatic nitrogens is 3. The van der Waals surface area contributed by atoms with Gasteiger partial charge in [0.25, 0.3) is 0 Å². The molecule has 2 heterocycles. The highest BCUT2D eigenvalue weighted by Gasteiger charge is 2.35. The molecule has 2 atom stereocenters. The van der Waals surface area contributed by atoms with Gasteiger partial charge in [-0.2, -0.15) is 0 Å². The van der Waals surface area contributed by atoms with Crippen molar-refractivity contribution in [1.29, 1.82) is 0 Å². The molecule has 4 rings (SSSR count). The van der Waals surface area contributed by atoms with Gasteiger partial charge in [0.05, 0.1) is 5.02 Å². The largest absolute Gasteiger partial charge is 0.462 e. The second kappa shape index (κ2) is 7.00. The van der Waals surface area contributed by atoms with E-state index in [0.717, 1.165) is 29.4 Å². The lowest BCUT2D eigenvalue weighted by Gasteiger charge is -2.18. The molecule has 1 saturated heterocycles. The van der Waals surface area contributed by atoms with Crippen molar-refractivity contribution in [3.63, 3.8) is 0 Å². The van der Waals surface area contributed by atoms with Crippen LogP contribution in [0, 0.1) is 0 Å². The summed E-state index contributed by atoms with van der Waals surface area (Å²) in [5.41, 5.74) is 0.887. The average molecular weight is 378 g/mol. The number of rotatable bonds is 4. The van der Waals surface area contributed by atoms with E-state index in [1.54, 1.807) is 0 Å². The third-order valence-electron chi connectivity index (χ3n) is 4.84. The molecule has 0 amide bonds. The van der Waals surface area contributed by atoms with Crippen LogP contribution in [0.4, 0.5) is 0 Å². The fraction of sp³-hybridized carbons (Fsp3) is 0.500. The summed E-state index contributed by atoms with van der Waals surface area (Å²) in [4.78, 5) is 12.0. The lowest BCUT2D eigenvalue weighted by Crippen LogP contribution is -2.13. The van der Waals surface area contributed by atoms with E-state index < -0.39 is 0 Å². The Labute approximate surface area is 156 Å². The lowest BCUT2D eigenvalue weighted by atomic mass is 10.2. The van der Waals surface area contributed by atoms with E-state index in [4.69, 9.17) is 16.3 Å². The standard InChI is InChI=1S/C18H20ClN3O2S/c1-11-10-15(17(23)24-11)25-18-21-20-16(13-8-4-5-9-14(13)19)22(18)12-6-2-3-7-12/h4-5,8-9,11-12,15H,2-3,6-7,10H2,1H3/t11-,15+/m0/s1. The molecule has 7 heteroatoms. The van der Waals surface area contributed by atoms with Gasteiger partial charge in [-0.05, 0) is 31.9 Å². The lowest BCUT2D eigenvalue weighted by molar-refractivity contribution is -0.140. The van der Waals surface area contributed by atoms with Gasteiger partial charge >= 0.3 is 5.97 Å². The van der Waals surface area contributed by atoms with Crippen LogP contribution < -0.4 is 0 Å². The molecule has 0 radical (unpaired) electrons. The van der Waals surface area contributed by atoms with Crippen LogP contribution in [0.25, 0.3) is 11.4 Å². The summed E-state index contributed by atoms with van der Waals surface area (Å²) in [6.45, 7) is 1.93. The van der Waals surface area contributed by atoms with Crippen molar-refractivity contribution < 1.29 is 9.53 Å². The van der Waals surface area contributed by atoms with Crippen molar-refractivity contribution in [3.8, 4) is 11.4 Å². The van der Waals surface area contributed by atoms with E-state index in [1.807, 2.05) is 31.2 Å². The first-order chi connectivity index (χ1) is 12.1.